The molecule has 0 amide bonds. The molecule has 17 heavy (non-hydrogen) atoms. The first-order valence-corrected chi connectivity index (χ1v) is 6.15. The largest absolute Gasteiger partial charge is 0.486 e. The minimum Gasteiger partial charge on any atom is -0.486 e. The van der Waals surface area contributed by atoms with Gasteiger partial charge in [0.05, 0.1) is 0 Å². The Morgan fingerprint density at radius 2 is 2.00 bits per heavy atom. The van der Waals surface area contributed by atoms with E-state index in [1.54, 1.807) is 0 Å². The Morgan fingerprint density at radius 1 is 1.29 bits per heavy atom. The van der Waals surface area contributed by atoms with E-state index in [0.29, 0.717) is 19.1 Å². The number of fused-ring (bicyclic) bond motifs is 1. The van der Waals surface area contributed by atoms with Gasteiger partial charge < -0.3 is 9.47 Å². The van der Waals surface area contributed by atoms with Gasteiger partial charge in [0.2, 0.25) is 0 Å². The molecule has 2 aliphatic rings. The lowest BCUT2D eigenvalue weighted by Crippen LogP contribution is -2.30. The van der Waals surface area contributed by atoms with E-state index in [4.69, 9.17) is 15.3 Å². The molecule has 4 nitrogen and oxygen atoms in total. The predicted molar refractivity (Wildman–Crippen MR) is 64.8 cm³/mol. The van der Waals surface area contributed by atoms with Gasteiger partial charge in [-0.2, -0.15) is 0 Å². The molecule has 1 aliphatic carbocycles. The first kappa shape index (κ1) is 10.9. The van der Waals surface area contributed by atoms with E-state index in [2.05, 4.69) is 18.4 Å². The first-order chi connectivity index (χ1) is 8.29. The van der Waals surface area contributed by atoms with Crippen LogP contribution in [-0.4, -0.2) is 13.2 Å². The molecular weight excluding hydrogens is 216 g/mol. The van der Waals surface area contributed by atoms with E-state index in [9.17, 15) is 0 Å². The lowest BCUT2D eigenvalue weighted by Gasteiger charge is -2.22. The van der Waals surface area contributed by atoms with Gasteiger partial charge in [-0.25, -0.2) is 0 Å². The van der Waals surface area contributed by atoms with E-state index >= 15 is 0 Å². The van der Waals surface area contributed by atoms with Crippen molar-refractivity contribution < 1.29 is 9.47 Å². The zero-order valence-corrected chi connectivity index (χ0v) is 9.98. The molecule has 0 spiro atoms. The summed E-state index contributed by atoms with van der Waals surface area (Å²) in [7, 11) is 0. The average molecular weight is 234 g/mol. The standard InChI is InChI=1S/C13H18N2O2/c1-8-6-10(8)13(15-14)9-2-3-11-12(7-9)17-5-4-16-11/h2-3,7-8,10,13,15H,4-6,14H2,1H3. The highest BCUT2D eigenvalue weighted by atomic mass is 16.6. The van der Waals surface area contributed by atoms with Gasteiger partial charge in [-0.05, 0) is 36.0 Å². The van der Waals surface area contributed by atoms with Crippen LogP contribution in [0.5, 0.6) is 11.5 Å². The van der Waals surface area contributed by atoms with Crippen molar-refractivity contribution >= 4 is 0 Å². The normalized spacial score (nSPS) is 27.6. The fourth-order valence-corrected chi connectivity index (χ4v) is 2.54. The van der Waals surface area contributed by atoms with Gasteiger partial charge in [0, 0.05) is 6.04 Å². The summed E-state index contributed by atoms with van der Waals surface area (Å²) < 4.78 is 11.1. The number of benzene rings is 1. The SMILES string of the molecule is CC1CC1C(NN)c1ccc2c(c1)OCCO2. The highest BCUT2D eigenvalue weighted by Crippen LogP contribution is 2.47. The summed E-state index contributed by atoms with van der Waals surface area (Å²) in [5.74, 6) is 8.73. The second-order valence-corrected chi connectivity index (χ2v) is 4.92. The number of hydrogen-bond donors (Lipinski definition) is 2. The van der Waals surface area contributed by atoms with Crippen molar-refractivity contribution in [1.29, 1.82) is 0 Å². The van der Waals surface area contributed by atoms with Crippen molar-refractivity contribution in [2.45, 2.75) is 19.4 Å². The molecular formula is C13H18N2O2. The van der Waals surface area contributed by atoms with E-state index in [1.807, 2.05) is 12.1 Å². The zero-order valence-electron chi connectivity index (χ0n) is 9.98. The molecule has 1 aromatic carbocycles. The number of nitrogens with two attached hydrogens (primary N) is 1. The highest BCUT2D eigenvalue weighted by Gasteiger charge is 2.40. The molecule has 3 N–H and O–H groups in total. The fourth-order valence-electron chi connectivity index (χ4n) is 2.54. The Labute approximate surface area is 101 Å². The second kappa shape index (κ2) is 4.20. The highest BCUT2D eigenvalue weighted by molar-refractivity contribution is 5.45. The topological polar surface area (TPSA) is 56.5 Å². The number of hydrogen-bond acceptors (Lipinski definition) is 4. The van der Waals surface area contributed by atoms with Crippen LogP contribution in [0.2, 0.25) is 0 Å². The molecule has 3 rings (SSSR count). The summed E-state index contributed by atoms with van der Waals surface area (Å²) in [4.78, 5) is 0. The molecule has 0 bridgehead atoms. The number of nitrogens with one attached hydrogen (secondary N) is 1. The van der Waals surface area contributed by atoms with Crippen LogP contribution in [0.15, 0.2) is 18.2 Å². The zero-order chi connectivity index (χ0) is 11.8. The molecule has 1 fully saturated rings. The van der Waals surface area contributed by atoms with Crippen molar-refractivity contribution in [2.75, 3.05) is 13.2 Å². The molecule has 0 saturated heterocycles. The van der Waals surface area contributed by atoms with Gasteiger partial charge >= 0.3 is 0 Å². The monoisotopic (exact) mass is 234 g/mol. The smallest absolute Gasteiger partial charge is 0.161 e. The van der Waals surface area contributed by atoms with Crippen LogP contribution >= 0.6 is 0 Å². The Bertz CT molecular complexity index is 422. The van der Waals surface area contributed by atoms with E-state index in [1.165, 1.54) is 12.0 Å². The second-order valence-electron chi connectivity index (χ2n) is 4.92. The Morgan fingerprint density at radius 3 is 2.65 bits per heavy atom. The van der Waals surface area contributed by atoms with Crippen LogP contribution in [0.3, 0.4) is 0 Å². The summed E-state index contributed by atoms with van der Waals surface area (Å²) in [6.07, 6.45) is 1.24. The maximum absolute atomic E-state index is 5.66. The van der Waals surface area contributed by atoms with Gasteiger partial charge in [0.15, 0.2) is 11.5 Å². The Hall–Kier alpha value is -1.26. The van der Waals surface area contributed by atoms with Gasteiger partial charge in [-0.3, -0.25) is 11.3 Å². The molecule has 1 aliphatic heterocycles. The molecule has 3 atom stereocenters. The fraction of sp³-hybridized carbons (Fsp3) is 0.538. The van der Waals surface area contributed by atoms with Gasteiger partial charge in [0.1, 0.15) is 13.2 Å². The molecule has 3 unspecified atom stereocenters. The number of rotatable bonds is 3. The van der Waals surface area contributed by atoms with Crippen LogP contribution in [0.25, 0.3) is 0 Å². The van der Waals surface area contributed by atoms with E-state index < -0.39 is 0 Å². The van der Waals surface area contributed by atoms with Crippen molar-refractivity contribution in [1.82, 2.24) is 5.43 Å². The van der Waals surface area contributed by atoms with Crippen LogP contribution in [0.1, 0.15) is 24.9 Å². The summed E-state index contributed by atoms with van der Waals surface area (Å²) in [6, 6.07) is 6.31. The van der Waals surface area contributed by atoms with Crippen LogP contribution < -0.4 is 20.7 Å². The summed E-state index contributed by atoms with van der Waals surface area (Å²) in [6.45, 7) is 3.51. The van der Waals surface area contributed by atoms with Gasteiger partial charge in [0.25, 0.3) is 0 Å². The molecule has 0 aromatic heterocycles. The molecule has 1 aromatic rings. The minimum atomic E-state index is 0.223. The number of ether oxygens (including phenoxy) is 2. The molecule has 0 radical (unpaired) electrons. The minimum absolute atomic E-state index is 0.223. The van der Waals surface area contributed by atoms with Gasteiger partial charge in [-0.15, -0.1) is 0 Å². The van der Waals surface area contributed by atoms with Crippen molar-refractivity contribution in [3.8, 4) is 11.5 Å². The number of hydrazine groups is 1. The first-order valence-electron chi connectivity index (χ1n) is 6.15. The van der Waals surface area contributed by atoms with Crippen LogP contribution in [-0.2, 0) is 0 Å². The summed E-state index contributed by atoms with van der Waals surface area (Å²) in [5, 5.41) is 0. The van der Waals surface area contributed by atoms with Crippen molar-refractivity contribution in [3.63, 3.8) is 0 Å². The lowest BCUT2D eigenvalue weighted by atomic mass is 10.0. The third kappa shape index (κ3) is 1.98. The Kier molecular flexibility index (Phi) is 2.68. The molecule has 92 valence electrons. The lowest BCUT2D eigenvalue weighted by molar-refractivity contribution is 0.171. The van der Waals surface area contributed by atoms with E-state index in [-0.39, 0.29) is 6.04 Å². The maximum Gasteiger partial charge on any atom is 0.161 e. The summed E-state index contributed by atoms with van der Waals surface area (Å²) >= 11 is 0. The van der Waals surface area contributed by atoms with E-state index in [0.717, 1.165) is 17.4 Å². The Balaban J connectivity index is 1.86. The predicted octanol–water partition coefficient (Wildman–Crippen LogP) is 1.62. The molecule has 4 heteroatoms. The average Bonchev–Trinajstić information content (AvgIpc) is 3.07. The maximum atomic E-state index is 5.66. The van der Waals surface area contributed by atoms with Crippen molar-refractivity contribution in [2.24, 2.45) is 17.7 Å². The van der Waals surface area contributed by atoms with Crippen molar-refractivity contribution in [3.05, 3.63) is 23.8 Å². The van der Waals surface area contributed by atoms with Gasteiger partial charge in [-0.1, -0.05) is 13.0 Å². The third-order valence-electron chi connectivity index (χ3n) is 3.70. The quantitative estimate of drug-likeness (QED) is 0.616. The molecule has 1 saturated carbocycles. The molecule has 1 heterocycles. The third-order valence-corrected chi connectivity index (χ3v) is 3.70. The van der Waals surface area contributed by atoms with Crippen LogP contribution in [0, 0.1) is 11.8 Å². The van der Waals surface area contributed by atoms with Crippen LogP contribution in [0.4, 0.5) is 0 Å². The summed E-state index contributed by atoms with van der Waals surface area (Å²) in [5.41, 5.74) is 4.11.